The Morgan fingerprint density at radius 3 is 1.40 bits per heavy atom. The first kappa shape index (κ1) is 20.0. The van der Waals surface area contributed by atoms with Crippen molar-refractivity contribution < 1.29 is 0 Å². The van der Waals surface area contributed by atoms with Gasteiger partial charge in [-0.25, -0.2) is 0 Å². The van der Waals surface area contributed by atoms with Gasteiger partial charge >= 0.3 is 0 Å². The zero-order valence-corrected chi connectivity index (χ0v) is 12.5. The Hall–Kier alpha value is -0.520. The first-order valence-electron chi connectivity index (χ1n) is 6.30. The Morgan fingerprint density at radius 2 is 1.20 bits per heavy atom. The van der Waals surface area contributed by atoms with Crippen LogP contribution < -0.4 is 0 Å². The maximum Gasteiger partial charge on any atom is -0.0348 e. The van der Waals surface area contributed by atoms with E-state index in [2.05, 4.69) is 54.5 Å². The monoisotopic (exact) mass is 212 g/mol. The molecule has 0 N–H and O–H groups in total. The first-order valence-corrected chi connectivity index (χ1v) is 6.30. The molecule has 0 fully saturated rings. The molecule has 0 heterocycles. The lowest BCUT2D eigenvalue weighted by atomic mass is 10.1. The number of allylic oxidation sites excluding steroid dienone is 4. The minimum absolute atomic E-state index is 1.16. The quantitative estimate of drug-likeness (QED) is 0.482. The van der Waals surface area contributed by atoms with Gasteiger partial charge in [0.05, 0.1) is 0 Å². The number of hydrogen-bond donors (Lipinski definition) is 0. The molecule has 0 radical (unpaired) electrons. The molecular weight excluding hydrogens is 180 g/mol. The summed E-state index contributed by atoms with van der Waals surface area (Å²) in [6.07, 6.45) is 4.67. The van der Waals surface area contributed by atoms with Crippen LogP contribution in [0.1, 0.15) is 75.2 Å². The maximum atomic E-state index is 2.26. The minimum atomic E-state index is 1.16. The lowest BCUT2D eigenvalue weighted by Gasteiger charge is -1.98. The van der Waals surface area contributed by atoms with Gasteiger partial charge in [0.15, 0.2) is 0 Å². The smallest absolute Gasteiger partial charge is 0.0348 e. The normalized spacial score (nSPS) is 9.27. The summed E-state index contributed by atoms with van der Waals surface area (Å²) in [5.74, 6) is 0. The second-order valence-corrected chi connectivity index (χ2v) is 3.73. The molecule has 0 aliphatic heterocycles. The van der Waals surface area contributed by atoms with Crippen molar-refractivity contribution in [2.45, 2.75) is 75.2 Å². The summed E-state index contributed by atoms with van der Waals surface area (Å²) in [6.45, 7) is 19.1. The third-order valence-corrected chi connectivity index (χ3v) is 1.81. The van der Waals surface area contributed by atoms with Crippen LogP contribution in [0.15, 0.2) is 22.8 Å². The van der Waals surface area contributed by atoms with E-state index in [9.17, 15) is 0 Å². The van der Waals surface area contributed by atoms with Crippen molar-refractivity contribution in [2.75, 3.05) is 0 Å². The van der Waals surface area contributed by atoms with Gasteiger partial charge in [0, 0.05) is 0 Å². The van der Waals surface area contributed by atoms with Gasteiger partial charge in [-0.3, -0.25) is 0 Å². The SMILES string of the molecule is CC.CC/C(C)=C/C(C)=C(C)C.CCC. The largest absolute Gasteiger partial charge is 0.0735 e. The van der Waals surface area contributed by atoms with Crippen molar-refractivity contribution in [3.63, 3.8) is 0 Å². The van der Waals surface area contributed by atoms with Crippen molar-refractivity contribution in [3.05, 3.63) is 22.8 Å². The zero-order chi connectivity index (χ0) is 12.9. The van der Waals surface area contributed by atoms with E-state index >= 15 is 0 Å². The van der Waals surface area contributed by atoms with Crippen molar-refractivity contribution in [2.24, 2.45) is 0 Å². The molecule has 0 aliphatic rings. The van der Waals surface area contributed by atoms with Crippen LogP contribution in [-0.4, -0.2) is 0 Å². The van der Waals surface area contributed by atoms with Gasteiger partial charge in [-0.1, -0.05) is 63.8 Å². The van der Waals surface area contributed by atoms with Gasteiger partial charge in [0.1, 0.15) is 0 Å². The van der Waals surface area contributed by atoms with Gasteiger partial charge in [-0.2, -0.15) is 0 Å². The second kappa shape index (κ2) is 15.9. The van der Waals surface area contributed by atoms with Gasteiger partial charge < -0.3 is 0 Å². The molecule has 0 amide bonds. The van der Waals surface area contributed by atoms with E-state index in [-0.39, 0.29) is 0 Å². The summed E-state index contributed by atoms with van der Waals surface area (Å²) in [6, 6.07) is 0. The number of hydrogen-bond acceptors (Lipinski definition) is 0. The van der Waals surface area contributed by atoms with Crippen LogP contribution in [0, 0.1) is 0 Å². The van der Waals surface area contributed by atoms with E-state index in [1.54, 1.807) is 0 Å². The standard InChI is InChI=1S/C10H18.C3H8.C2H6/c1-6-9(4)7-10(5)8(2)3;1-3-2;1-2/h7H,6H2,1-5H3;3H2,1-2H3;1-2H3/b9-7+;;. The van der Waals surface area contributed by atoms with Gasteiger partial charge in [0.25, 0.3) is 0 Å². The molecule has 0 heteroatoms. The summed E-state index contributed by atoms with van der Waals surface area (Å²) in [7, 11) is 0. The van der Waals surface area contributed by atoms with E-state index in [4.69, 9.17) is 0 Å². The first-order chi connectivity index (χ1) is 6.99. The molecule has 0 aliphatic carbocycles. The molecule has 15 heavy (non-hydrogen) atoms. The number of rotatable bonds is 2. The lowest BCUT2D eigenvalue weighted by Crippen LogP contribution is -1.77. The van der Waals surface area contributed by atoms with Crippen LogP contribution in [0.3, 0.4) is 0 Å². The highest BCUT2D eigenvalue weighted by atomic mass is 13.9. The predicted octanol–water partition coefficient (Wildman–Crippen LogP) is 6.14. The maximum absolute atomic E-state index is 2.26. The van der Waals surface area contributed by atoms with Crippen molar-refractivity contribution in [1.29, 1.82) is 0 Å². The molecular formula is C15H32. The van der Waals surface area contributed by atoms with Crippen LogP contribution >= 0.6 is 0 Å². The average Bonchev–Trinajstić information content (AvgIpc) is 2.21. The Morgan fingerprint density at radius 1 is 0.867 bits per heavy atom. The van der Waals surface area contributed by atoms with Crippen LogP contribution in [0.2, 0.25) is 0 Å². The van der Waals surface area contributed by atoms with Crippen LogP contribution in [0.5, 0.6) is 0 Å². The molecule has 92 valence electrons. The molecule has 0 nitrogen and oxygen atoms in total. The highest BCUT2D eigenvalue weighted by Gasteiger charge is 1.87. The van der Waals surface area contributed by atoms with Gasteiger partial charge in [-0.05, 0) is 34.1 Å². The fourth-order valence-corrected chi connectivity index (χ4v) is 0.616. The Bertz CT molecular complexity index is 166. The predicted molar refractivity (Wildman–Crippen MR) is 75.4 cm³/mol. The third-order valence-electron chi connectivity index (χ3n) is 1.81. The topological polar surface area (TPSA) is 0 Å². The van der Waals surface area contributed by atoms with Crippen molar-refractivity contribution in [3.8, 4) is 0 Å². The molecule has 0 bridgehead atoms. The van der Waals surface area contributed by atoms with E-state index < -0.39 is 0 Å². The Kier molecular flexibility index (Phi) is 21.2. The van der Waals surface area contributed by atoms with Crippen LogP contribution in [-0.2, 0) is 0 Å². The molecule has 0 aromatic carbocycles. The molecule has 0 atom stereocenters. The fraction of sp³-hybridized carbons (Fsp3) is 0.733. The highest BCUT2D eigenvalue weighted by molar-refractivity contribution is 5.24. The summed E-state index contributed by atoms with van der Waals surface area (Å²) >= 11 is 0. The molecule has 0 aromatic heterocycles. The van der Waals surface area contributed by atoms with Gasteiger partial charge in [-0.15, -0.1) is 0 Å². The molecule has 0 rings (SSSR count). The summed E-state index contributed by atoms with van der Waals surface area (Å²) in [4.78, 5) is 0. The Balaban J connectivity index is -0.000000245. The van der Waals surface area contributed by atoms with Crippen molar-refractivity contribution in [1.82, 2.24) is 0 Å². The molecule has 0 saturated carbocycles. The summed E-state index contributed by atoms with van der Waals surface area (Å²) in [5.41, 5.74) is 4.27. The van der Waals surface area contributed by atoms with Gasteiger partial charge in [0.2, 0.25) is 0 Å². The minimum Gasteiger partial charge on any atom is -0.0735 e. The summed E-state index contributed by atoms with van der Waals surface area (Å²) < 4.78 is 0. The highest BCUT2D eigenvalue weighted by Crippen LogP contribution is 2.08. The zero-order valence-electron chi connectivity index (χ0n) is 12.5. The fourth-order valence-electron chi connectivity index (χ4n) is 0.616. The lowest BCUT2D eigenvalue weighted by molar-refractivity contribution is 1.09. The van der Waals surface area contributed by atoms with Crippen LogP contribution in [0.4, 0.5) is 0 Å². The summed E-state index contributed by atoms with van der Waals surface area (Å²) in [5, 5.41) is 0. The third kappa shape index (κ3) is 19.8. The van der Waals surface area contributed by atoms with E-state index in [1.807, 2.05) is 13.8 Å². The van der Waals surface area contributed by atoms with E-state index in [0.717, 1.165) is 6.42 Å². The average molecular weight is 212 g/mol. The van der Waals surface area contributed by atoms with Crippen LogP contribution in [0.25, 0.3) is 0 Å². The Labute approximate surface area is 98.5 Å². The molecule has 0 aromatic rings. The second-order valence-electron chi connectivity index (χ2n) is 3.73. The molecule has 0 unspecified atom stereocenters. The van der Waals surface area contributed by atoms with E-state index in [0.29, 0.717) is 0 Å². The van der Waals surface area contributed by atoms with E-state index in [1.165, 1.54) is 23.1 Å². The van der Waals surface area contributed by atoms with Crippen molar-refractivity contribution >= 4 is 0 Å². The molecule has 0 saturated heterocycles. The molecule has 0 spiro atoms.